The van der Waals surface area contributed by atoms with E-state index in [0.717, 1.165) is 24.1 Å². The van der Waals surface area contributed by atoms with Crippen LogP contribution in [-0.2, 0) is 6.54 Å². The van der Waals surface area contributed by atoms with Crippen molar-refractivity contribution in [2.24, 2.45) is 5.92 Å². The molecule has 0 radical (unpaired) electrons. The van der Waals surface area contributed by atoms with Crippen molar-refractivity contribution in [1.29, 1.82) is 0 Å². The van der Waals surface area contributed by atoms with Crippen molar-refractivity contribution in [3.05, 3.63) is 33.9 Å². The molecule has 0 atom stereocenters. The highest BCUT2D eigenvalue weighted by atomic mass is 16.6. The second-order valence-electron chi connectivity index (χ2n) is 5.96. The van der Waals surface area contributed by atoms with Gasteiger partial charge >= 0.3 is 0 Å². The predicted molar refractivity (Wildman–Crippen MR) is 78.8 cm³/mol. The maximum atomic E-state index is 10.9. The van der Waals surface area contributed by atoms with Crippen molar-refractivity contribution < 1.29 is 4.92 Å². The number of benzene rings is 1. The number of nitro groups is 1. The third kappa shape index (κ3) is 3.10. The van der Waals surface area contributed by atoms with Crippen LogP contribution in [-0.4, -0.2) is 29.5 Å². The molecule has 0 heterocycles. The van der Waals surface area contributed by atoms with Gasteiger partial charge in [0.1, 0.15) is 5.69 Å². The molecule has 0 saturated heterocycles. The summed E-state index contributed by atoms with van der Waals surface area (Å²) in [6.45, 7) is 2.10. The van der Waals surface area contributed by atoms with E-state index in [0.29, 0.717) is 5.69 Å². The minimum Gasteiger partial charge on any atom is -0.383 e. The third-order valence-corrected chi connectivity index (χ3v) is 4.17. The Hall–Kier alpha value is -1.62. The molecule has 2 aliphatic carbocycles. The minimum atomic E-state index is -0.335. The van der Waals surface area contributed by atoms with Crippen LogP contribution in [0.15, 0.2) is 18.2 Å². The first kappa shape index (κ1) is 13.4. The summed E-state index contributed by atoms with van der Waals surface area (Å²) in [6.07, 6.45) is 5.34. The molecule has 0 unspecified atom stereocenters. The lowest BCUT2D eigenvalue weighted by Gasteiger charge is -2.22. The van der Waals surface area contributed by atoms with E-state index < -0.39 is 0 Å². The zero-order valence-corrected chi connectivity index (χ0v) is 11.8. The molecule has 20 heavy (non-hydrogen) atoms. The van der Waals surface area contributed by atoms with Crippen molar-refractivity contribution >= 4 is 11.4 Å². The summed E-state index contributed by atoms with van der Waals surface area (Å²) < 4.78 is 0. The Morgan fingerprint density at radius 2 is 2.10 bits per heavy atom. The smallest absolute Gasteiger partial charge is 0.292 e. The molecule has 2 fully saturated rings. The molecule has 0 amide bonds. The highest BCUT2D eigenvalue weighted by Crippen LogP contribution is 2.36. The van der Waals surface area contributed by atoms with Gasteiger partial charge in [-0.15, -0.1) is 0 Å². The molecule has 108 valence electrons. The van der Waals surface area contributed by atoms with Gasteiger partial charge in [-0.3, -0.25) is 15.0 Å². The molecule has 0 spiro atoms. The Morgan fingerprint density at radius 3 is 2.65 bits per heavy atom. The van der Waals surface area contributed by atoms with Crippen molar-refractivity contribution in [2.75, 3.05) is 18.9 Å². The van der Waals surface area contributed by atoms with Gasteiger partial charge < -0.3 is 5.32 Å². The number of nitro benzene ring substituents is 1. The summed E-state index contributed by atoms with van der Waals surface area (Å²) in [5, 5.41) is 13.9. The number of rotatable bonds is 7. The summed E-state index contributed by atoms with van der Waals surface area (Å²) in [7, 11) is 1.73. The number of nitrogens with zero attached hydrogens (tertiary/aromatic N) is 2. The normalized spacial score (nSPS) is 18.3. The van der Waals surface area contributed by atoms with Crippen LogP contribution in [0.2, 0.25) is 0 Å². The Balaban J connectivity index is 1.73. The van der Waals surface area contributed by atoms with Crippen LogP contribution in [0.4, 0.5) is 11.4 Å². The summed E-state index contributed by atoms with van der Waals surface area (Å²) in [5.41, 5.74) is 1.92. The zero-order chi connectivity index (χ0) is 14.1. The van der Waals surface area contributed by atoms with E-state index >= 15 is 0 Å². The summed E-state index contributed by atoms with van der Waals surface area (Å²) in [4.78, 5) is 13.2. The van der Waals surface area contributed by atoms with Gasteiger partial charge in [0, 0.05) is 32.2 Å². The minimum absolute atomic E-state index is 0.149. The van der Waals surface area contributed by atoms with Gasteiger partial charge in [0.25, 0.3) is 5.69 Å². The molecule has 3 rings (SSSR count). The van der Waals surface area contributed by atoms with Crippen molar-refractivity contribution in [1.82, 2.24) is 4.90 Å². The average Bonchev–Trinajstić information content (AvgIpc) is 3.29. The van der Waals surface area contributed by atoms with Crippen LogP contribution < -0.4 is 5.32 Å². The van der Waals surface area contributed by atoms with Crippen molar-refractivity contribution in [2.45, 2.75) is 38.3 Å². The molecular formula is C15H21N3O2. The van der Waals surface area contributed by atoms with Crippen LogP contribution in [0.3, 0.4) is 0 Å². The van der Waals surface area contributed by atoms with Gasteiger partial charge in [-0.25, -0.2) is 0 Å². The van der Waals surface area contributed by atoms with Crippen LogP contribution in [0.1, 0.15) is 31.2 Å². The van der Waals surface area contributed by atoms with E-state index in [1.54, 1.807) is 13.1 Å². The van der Waals surface area contributed by atoms with Gasteiger partial charge in [0.05, 0.1) is 4.92 Å². The lowest BCUT2D eigenvalue weighted by molar-refractivity contribution is -0.384. The Morgan fingerprint density at radius 1 is 1.35 bits per heavy atom. The second-order valence-corrected chi connectivity index (χ2v) is 5.96. The average molecular weight is 275 g/mol. The van der Waals surface area contributed by atoms with E-state index in [4.69, 9.17) is 0 Å². The Labute approximate surface area is 119 Å². The fourth-order valence-corrected chi connectivity index (χ4v) is 2.69. The lowest BCUT2D eigenvalue weighted by Crippen LogP contribution is -2.27. The number of nitrogens with one attached hydrogen (secondary N) is 1. The maximum Gasteiger partial charge on any atom is 0.292 e. The van der Waals surface area contributed by atoms with Crippen molar-refractivity contribution in [3.63, 3.8) is 0 Å². The summed E-state index contributed by atoms with van der Waals surface area (Å²) in [6, 6.07) is 6.16. The fourth-order valence-electron chi connectivity index (χ4n) is 2.69. The maximum absolute atomic E-state index is 10.9. The molecular weight excluding hydrogens is 254 g/mol. The van der Waals surface area contributed by atoms with E-state index in [1.165, 1.54) is 32.2 Å². The molecule has 0 aliphatic heterocycles. The monoisotopic (exact) mass is 275 g/mol. The number of hydrogen-bond donors (Lipinski definition) is 1. The Bertz CT molecular complexity index is 510. The molecule has 1 N–H and O–H groups in total. The predicted octanol–water partition coefficient (Wildman–Crippen LogP) is 3.01. The van der Waals surface area contributed by atoms with E-state index in [1.807, 2.05) is 12.1 Å². The van der Waals surface area contributed by atoms with Crippen molar-refractivity contribution in [3.8, 4) is 0 Å². The molecule has 0 aromatic heterocycles. The summed E-state index contributed by atoms with van der Waals surface area (Å²) in [5.74, 6) is 0.886. The molecule has 2 saturated carbocycles. The van der Waals surface area contributed by atoms with Crippen LogP contribution in [0.25, 0.3) is 0 Å². The first-order valence-electron chi connectivity index (χ1n) is 7.36. The van der Waals surface area contributed by atoms with Crippen LogP contribution in [0.5, 0.6) is 0 Å². The molecule has 1 aromatic rings. The SMILES string of the molecule is CNc1cc(CN(CC2CC2)C2CC2)ccc1[N+](=O)[O-]. The second kappa shape index (κ2) is 5.40. The first-order chi connectivity index (χ1) is 9.67. The lowest BCUT2D eigenvalue weighted by atomic mass is 10.1. The van der Waals surface area contributed by atoms with Gasteiger partial charge in [0.15, 0.2) is 0 Å². The topological polar surface area (TPSA) is 58.4 Å². The first-order valence-corrected chi connectivity index (χ1v) is 7.36. The standard InChI is InChI=1S/C15H21N3O2/c1-16-14-8-12(4-7-15(14)18(19)20)10-17(13-5-6-13)9-11-2-3-11/h4,7-8,11,13,16H,2-3,5-6,9-10H2,1H3. The zero-order valence-electron chi connectivity index (χ0n) is 11.8. The molecule has 0 bridgehead atoms. The molecule has 2 aliphatic rings. The van der Waals surface area contributed by atoms with Crippen LogP contribution >= 0.6 is 0 Å². The van der Waals surface area contributed by atoms with Crippen LogP contribution in [0, 0.1) is 16.0 Å². The molecule has 1 aromatic carbocycles. The molecule has 5 heteroatoms. The highest BCUT2D eigenvalue weighted by Gasteiger charge is 2.33. The van der Waals surface area contributed by atoms with E-state index in [2.05, 4.69) is 10.2 Å². The fraction of sp³-hybridized carbons (Fsp3) is 0.600. The number of hydrogen-bond acceptors (Lipinski definition) is 4. The van der Waals surface area contributed by atoms with Gasteiger partial charge in [0.2, 0.25) is 0 Å². The quantitative estimate of drug-likeness (QED) is 0.614. The van der Waals surface area contributed by atoms with Gasteiger partial charge in [-0.05, 0) is 43.2 Å². The largest absolute Gasteiger partial charge is 0.383 e. The highest BCUT2D eigenvalue weighted by molar-refractivity contribution is 5.62. The Kier molecular flexibility index (Phi) is 3.61. The molecule has 5 nitrogen and oxygen atoms in total. The number of anilines is 1. The third-order valence-electron chi connectivity index (χ3n) is 4.17. The summed E-state index contributed by atoms with van der Waals surface area (Å²) >= 11 is 0. The van der Waals surface area contributed by atoms with E-state index in [9.17, 15) is 10.1 Å². The van der Waals surface area contributed by atoms with Gasteiger partial charge in [-0.1, -0.05) is 6.07 Å². The van der Waals surface area contributed by atoms with E-state index in [-0.39, 0.29) is 10.6 Å². The van der Waals surface area contributed by atoms with Gasteiger partial charge in [-0.2, -0.15) is 0 Å².